The van der Waals surface area contributed by atoms with E-state index in [0.717, 1.165) is 5.56 Å². The molecular weight excluding hydrogens is 266 g/mol. The highest BCUT2D eigenvalue weighted by Crippen LogP contribution is 2.08. The molecule has 0 aliphatic rings. The molecule has 1 unspecified atom stereocenters. The Bertz CT molecular complexity index is 506. The molecule has 1 rings (SSSR count). The lowest BCUT2D eigenvalue weighted by molar-refractivity contribution is -0.129. The molecule has 0 aliphatic heterocycles. The molecule has 5 nitrogen and oxygen atoms in total. The quantitative estimate of drug-likeness (QED) is 0.721. The lowest BCUT2D eigenvalue weighted by atomic mass is 10.1. The van der Waals surface area contributed by atoms with Crippen LogP contribution in [-0.2, 0) is 16.0 Å². The van der Waals surface area contributed by atoms with Crippen molar-refractivity contribution in [1.29, 1.82) is 0 Å². The van der Waals surface area contributed by atoms with E-state index in [1.165, 1.54) is 0 Å². The zero-order valence-electron chi connectivity index (χ0n) is 13.2. The van der Waals surface area contributed by atoms with Crippen molar-refractivity contribution < 1.29 is 9.59 Å². The number of benzene rings is 1. The van der Waals surface area contributed by atoms with Crippen molar-refractivity contribution in [2.75, 3.05) is 5.73 Å². The van der Waals surface area contributed by atoms with Crippen LogP contribution in [0.25, 0.3) is 0 Å². The number of hydrogen-bond donors (Lipinski definition) is 3. The van der Waals surface area contributed by atoms with Gasteiger partial charge in [-0.3, -0.25) is 9.59 Å². The van der Waals surface area contributed by atoms with Gasteiger partial charge in [-0.25, -0.2) is 0 Å². The molecular formula is C16H25N3O2. The number of nitrogen functional groups attached to an aromatic ring is 1. The standard InChI is InChI=1S/C16H25N3O2/c1-11(15(21)19-16(2,3)4)18-14(20)9-8-12-6-5-7-13(17)10-12/h5-7,10-11H,8-9,17H2,1-4H3,(H,18,20)(H,19,21). The molecule has 21 heavy (non-hydrogen) atoms. The van der Waals surface area contributed by atoms with Crippen molar-refractivity contribution in [2.24, 2.45) is 0 Å². The maximum Gasteiger partial charge on any atom is 0.242 e. The van der Waals surface area contributed by atoms with Gasteiger partial charge < -0.3 is 16.4 Å². The third-order valence-corrected chi connectivity index (χ3v) is 2.86. The number of hydrogen-bond acceptors (Lipinski definition) is 3. The molecule has 4 N–H and O–H groups in total. The molecule has 5 heteroatoms. The Kier molecular flexibility index (Phi) is 5.76. The van der Waals surface area contributed by atoms with E-state index in [2.05, 4.69) is 10.6 Å². The maximum atomic E-state index is 11.9. The van der Waals surface area contributed by atoms with Gasteiger partial charge >= 0.3 is 0 Å². The van der Waals surface area contributed by atoms with Gasteiger partial charge in [0.1, 0.15) is 6.04 Å². The summed E-state index contributed by atoms with van der Waals surface area (Å²) in [4.78, 5) is 23.7. The fraction of sp³-hybridized carbons (Fsp3) is 0.500. The van der Waals surface area contributed by atoms with Gasteiger partial charge in [-0.2, -0.15) is 0 Å². The molecule has 1 atom stereocenters. The topological polar surface area (TPSA) is 84.2 Å². The average Bonchev–Trinajstić information content (AvgIpc) is 2.34. The summed E-state index contributed by atoms with van der Waals surface area (Å²) in [5, 5.41) is 5.54. The summed E-state index contributed by atoms with van der Waals surface area (Å²) >= 11 is 0. The molecule has 0 aliphatic carbocycles. The zero-order valence-corrected chi connectivity index (χ0v) is 13.2. The largest absolute Gasteiger partial charge is 0.399 e. The monoisotopic (exact) mass is 291 g/mol. The van der Waals surface area contributed by atoms with E-state index in [-0.39, 0.29) is 17.4 Å². The van der Waals surface area contributed by atoms with Gasteiger partial charge in [-0.15, -0.1) is 0 Å². The van der Waals surface area contributed by atoms with Crippen LogP contribution in [-0.4, -0.2) is 23.4 Å². The van der Waals surface area contributed by atoms with Crippen molar-refractivity contribution in [3.05, 3.63) is 29.8 Å². The average molecular weight is 291 g/mol. The number of rotatable bonds is 5. The van der Waals surface area contributed by atoms with Crippen LogP contribution in [0.3, 0.4) is 0 Å². The van der Waals surface area contributed by atoms with Crippen LogP contribution < -0.4 is 16.4 Å². The van der Waals surface area contributed by atoms with E-state index in [4.69, 9.17) is 5.73 Å². The fourth-order valence-corrected chi connectivity index (χ4v) is 1.86. The molecule has 0 bridgehead atoms. The van der Waals surface area contributed by atoms with Gasteiger partial charge in [0.25, 0.3) is 0 Å². The molecule has 0 radical (unpaired) electrons. The smallest absolute Gasteiger partial charge is 0.242 e. The number of anilines is 1. The molecule has 0 aromatic heterocycles. The summed E-state index contributed by atoms with van der Waals surface area (Å²) in [5.41, 5.74) is 7.08. The lowest BCUT2D eigenvalue weighted by Gasteiger charge is -2.23. The highest BCUT2D eigenvalue weighted by atomic mass is 16.2. The molecule has 0 saturated heterocycles. The number of nitrogens with two attached hydrogens (primary N) is 1. The second-order valence-electron chi connectivity index (χ2n) is 6.27. The molecule has 0 saturated carbocycles. The normalized spacial score (nSPS) is 12.6. The molecule has 1 aromatic carbocycles. The predicted octanol–water partition coefficient (Wildman–Crippen LogP) is 1.62. The molecule has 1 aromatic rings. The van der Waals surface area contributed by atoms with Crippen LogP contribution in [0.4, 0.5) is 5.69 Å². The van der Waals surface area contributed by atoms with Gasteiger partial charge in [0.2, 0.25) is 11.8 Å². The van der Waals surface area contributed by atoms with Gasteiger partial charge in [0.15, 0.2) is 0 Å². The van der Waals surface area contributed by atoms with E-state index in [0.29, 0.717) is 18.5 Å². The number of amides is 2. The number of nitrogens with one attached hydrogen (secondary N) is 2. The van der Waals surface area contributed by atoms with Crippen molar-refractivity contribution in [3.63, 3.8) is 0 Å². The summed E-state index contributed by atoms with van der Waals surface area (Å²) in [6.07, 6.45) is 0.932. The molecule has 0 fully saturated rings. The molecule has 2 amide bonds. The van der Waals surface area contributed by atoms with E-state index in [1.807, 2.05) is 45.0 Å². The van der Waals surface area contributed by atoms with Crippen LogP contribution in [0.5, 0.6) is 0 Å². The predicted molar refractivity (Wildman–Crippen MR) is 84.7 cm³/mol. The van der Waals surface area contributed by atoms with Crippen LogP contribution in [0, 0.1) is 0 Å². The Morgan fingerprint density at radius 1 is 1.29 bits per heavy atom. The molecule has 0 heterocycles. The van der Waals surface area contributed by atoms with Crippen molar-refractivity contribution in [3.8, 4) is 0 Å². The first-order valence-corrected chi connectivity index (χ1v) is 7.13. The van der Waals surface area contributed by atoms with Gasteiger partial charge in [-0.05, 0) is 51.8 Å². The Morgan fingerprint density at radius 3 is 2.52 bits per heavy atom. The molecule has 0 spiro atoms. The second kappa shape index (κ2) is 7.11. The number of carbonyl (C=O) groups is 2. The van der Waals surface area contributed by atoms with Crippen molar-refractivity contribution >= 4 is 17.5 Å². The first kappa shape index (κ1) is 17.0. The first-order valence-electron chi connectivity index (χ1n) is 7.13. The van der Waals surface area contributed by atoms with E-state index in [9.17, 15) is 9.59 Å². The minimum atomic E-state index is -0.544. The third-order valence-electron chi connectivity index (χ3n) is 2.86. The highest BCUT2D eigenvalue weighted by Gasteiger charge is 2.20. The highest BCUT2D eigenvalue weighted by molar-refractivity contribution is 5.87. The van der Waals surface area contributed by atoms with E-state index < -0.39 is 6.04 Å². The zero-order chi connectivity index (χ0) is 16.0. The Morgan fingerprint density at radius 2 is 1.95 bits per heavy atom. The first-order chi connectivity index (χ1) is 9.67. The van der Waals surface area contributed by atoms with Crippen LogP contribution in [0.15, 0.2) is 24.3 Å². The Hall–Kier alpha value is -2.04. The summed E-state index contributed by atoms with van der Waals surface area (Å²) in [5.74, 6) is -0.325. The van der Waals surface area contributed by atoms with Crippen LogP contribution in [0.1, 0.15) is 39.7 Å². The van der Waals surface area contributed by atoms with Crippen molar-refractivity contribution in [1.82, 2.24) is 10.6 Å². The Labute approximate surface area is 126 Å². The summed E-state index contributed by atoms with van der Waals surface area (Å²) in [7, 11) is 0. The van der Waals surface area contributed by atoms with E-state index in [1.54, 1.807) is 6.92 Å². The van der Waals surface area contributed by atoms with Crippen LogP contribution >= 0.6 is 0 Å². The van der Waals surface area contributed by atoms with Gasteiger partial charge in [0, 0.05) is 17.6 Å². The van der Waals surface area contributed by atoms with E-state index >= 15 is 0 Å². The SMILES string of the molecule is CC(NC(=O)CCc1cccc(N)c1)C(=O)NC(C)(C)C. The number of aryl methyl sites for hydroxylation is 1. The number of carbonyl (C=O) groups excluding carboxylic acids is 2. The summed E-state index contributed by atoms with van der Waals surface area (Å²) < 4.78 is 0. The fourth-order valence-electron chi connectivity index (χ4n) is 1.86. The lowest BCUT2D eigenvalue weighted by Crippen LogP contribution is -2.50. The van der Waals surface area contributed by atoms with Crippen LogP contribution in [0.2, 0.25) is 0 Å². The minimum absolute atomic E-state index is 0.144. The maximum absolute atomic E-state index is 11.9. The summed E-state index contributed by atoms with van der Waals surface area (Å²) in [6.45, 7) is 7.39. The third kappa shape index (κ3) is 6.79. The second-order valence-corrected chi connectivity index (χ2v) is 6.27. The van der Waals surface area contributed by atoms with Crippen molar-refractivity contribution in [2.45, 2.75) is 52.1 Å². The summed E-state index contributed by atoms with van der Waals surface area (Å²) in [6, 6.07) is 6.91. The van der Waals surface area contributed by atoms with Gasteiger partial charge in [0.05, 0.1) is 0 Å². The Balaban J connectivity index is 2.41. The van der Waals surface area contributed by atoms with Gasteiger partial charge in [-0.1, -0.05) is 12.1 Å². The minimum Gasteiger partial charge on any atom is -0.399 e. The molecule has 116 valence electrons.